The molecule has 0 saturated carbocycles. The minimum absolute atomic E-state index is 0. The molecule has 0 heterocycles. The second kappa shape index (κ2) is 14.9. The van der Waals surface area contributed by atoms with Crippen molar-refractivity contribution >= 4 is 29.9 Å². The lowest BCUT2D eigenvalue weighted by atomic mass is 9.98. The van der Waals surface area contributed by atoms with E-state index in [1.54, 1.807) is 7.11 Å². The van der Waals surface area contributed by atoms with Gasteiger partial charge in [-0.15, -0.1) is 24.0 Å². The maximum Gasteiger partial charge on any atom is 0.191 e. The quantitative estimate of drug-likeness (QED) is 0.180. The number of aliphatic imine (C=N–C) groups is 1. The molecule has 1 aromatic rings. The molecule has 0 amide bonds. The lowest BCUT2D eigenvalue weighted by Crippen LogP contribution is -2.47. The van der Waals surface area contributed by atoms with Gasteiger partial charge >= 0.3 is 0 Å². The van der Waals surface area contributed by atoms with Gasteiger partial charge in [0.25, 0.3) is 0 Å². The van der Waals surface area contributed by atoms with E-state index < -0.39 is 5.60 Å². The summed E-state index contributed by atoms with van der Waals surface area (Å²) in [6, 6.07) is 7.87. The third kappa shape index (κ3) is 10.8. The molecular weight excluding hydrogens is 457 g/mol. The van der Waals surface area contributed by atoms with Gasteiger partial charge in [0.15, 0.2) is 5.96 Å². The molecule has 156 valence electrons. The highest BCUT2D eigenvalue weighted by Crippen LogP contribution is 2.13. The Morgan fingerprint density at radius 3 is 2.33 bits per heavy atom. The van der Waals surface area contributed by atoms with Crippen molar-refractivity contribution in [1.29, 1.82) is 0 Å². The summed E-state index contributed by atoms with van der Waals surface area (Å²) in [6.45, 7) is 9.24. The van der Waals surface area contributed by atoms with Crippen molar-refractivity contribution in [3.05, 3.63) is 29.8 Å². The molecule has 0 unspecified atom stereocenters. The molecule has 0 saturated heterocycles. The van der Waals surface area contributed by atoms with Crippen molar-refractivity contribution in [3.63, 3.8) is 0 Å². The standard InChI is InChI=1S/C20H35N3O3.HI/c1-5-20(24,6-2)16-23-19(21-13-8-14-26-7-3)22-15-17-9-11-18(25-4)12-10-17;/h9-12,24H,5-8,13-16H2,1-4H3,(H2,21,22,23);1H. The SMILES string of the molecule is CCOCCCNC(=NCc1ccc(OC)cc1)NCC(O)(CC)CC.I. The van der Waals surface area contributed by atoms with Crippen LogP contribution in [0.2, 0.25) is 0 Å². The topological polar surface area (TPSA) is 75.1 Å². The van der Waals surface area contributed by atoms with Gasteiger partial charge in [0.05, 0.1) is 19.3 Å². The maximum atomic E-state index is 10.5. The first-order valence-electron chi connectivity index (χ1n) is 9.52. The highest BCUT2D eigenvalue weighted by Gasteiger charge is 2.22. The molecule has 0 fully saturated rings. The molecular formula is C20H36IN3O3. The van der Waals surface area contributed by atoms with Gasteiger partial charge in [-0.3, -0.25) is 0 Å². The fraction of sp³-hybridized carbons (Fsp3) is 0.650. The molecule has 3 N–H and O–H groups in total. The Kier molecular flexibility index (Phi) is 14.3. The van der Waals surface area contributed by atoms with Crippen LogP contribution >= 0.6 is 24.0 Å². The molecule has 0 bridgehead atoms. The summed E-state index contributed by atoms with van der Waals surface area (Å²) in [6.07, 6.45) is 2.31. The second-order valence-electron chi connectivity index (χ2n) is 6.28. The van der Waals surface area contributed by atoms with Crippen LogP contribution in [0.5, 0.6) is 5.75 Å². The van der Waals surface area contributed by atoms with Crippen molar-refractivity contribution in [3.8, 4) is 5.75 Å². The van der Waals surface area contributed by atoms with E-state index in [4.69, 9.17) is 9.47 Å². The summed E-state index contributed by atoms with van der Waals surface area (Å²) < 4.78 is 10.5. The third-order valence-electron chi connectivity index (χ3n) is 4.44. The van der Waals surface area contributed by atoms with Crippen molar-refractivity contribution < 1.29 is 14.6 Å². The molecule has 0 aliphatic rings. The first kappa shape index (κ1) is 25.9. The molecule has 0 aliphatic carbocycles. The Bertz CT molecular complexity index is 520. The van der Waals surface area contributed by atoms with Gasteiger partial charge in [-0.05, 0) is 43.9 Å². The van der Waals surface area contributed by atoms with Gasteiger partial charge in [0, 0.05) is 26.3 Å². The average Bonchev–Trinajstić information content (AvgIpc) is 2.69. The van der Waals surface area contributed by atoms with Crippen molar-refractivity contribution in [2.75, 3.05) is 33.4 Å². The number of methoxy groups -OCH3 is 1. The van der Waals surface area contributed by atoms with Crippen LogP contribution in [0.1, 0.15) is 45.6 Å². The number of nitrogens with zero attached hydrogens (tertiary/aromatic N) is 1. The smallest absolute Gasteiger partial charge is 0.191 e. The summed E-state index contributed by atoms with van der Waals surface area (Å²) in [4.78, 5) is 4.64. The van der Waals surface area contributed by atoms with Gasteiger partial charge in [-0.1, -0.05) is 26.0 Å². The molecule has 27 heavy (non-hydrogen) atoms. The Morgan fingerprint density at radius 2 is 1.78 bits per heavy atom. The fourth-order valence-corrected chi connectivity index (χ4v) is 2.35. The monoisotopic (exact) mass is 493 g/mol. The van der Waals surface area contributed by atoms with Crippen LogP contribution < -0.4 is 15.4 Å². The number of aliphatic hydroxyl groups is 1. The van der Waals surface area contributed by atoms with E-state index >= 15 is 0 Å². The summed E-state index contributed by atoms with van der Waals surface area (Å²) in [7, 11) is 1.66. The molecule has 0 radical (unpaired) electrons. The van der Waals surface area contributed by atoms with Crippen LogP contribution in [0, 0.1) is 0 Å². The van der Waals surface area contributed by atoms with E-state index in [9.17, 15) is 5.11 Å². The van der Waals surface area contributed by atoms with Crippen molar-refractivity contribution in [2.24, 2.45) is 4.99 Å². The molecule has 6 nitrogen and oxygen atoms in total. The summed E-state index contributed by atoms with van der Waals surface area (Å²) in [5, 5.41) is 17.1. The highest BCUT2D eigenvalue weighted by atomic mass is 127. The number of guanidine groups is 1. The van der Waals surface area contributed by atoms with E-state index in [1.165, 1.54) is 0 Å². The number of ether oxygens (including phenoxy) is 2. The molecule has 0 atom stereocenters. The van der Waals surface area contributed by atoms with Gasteiger partial charge in [0.1, 0.15) is 5.75 Å². The zero-order valence-electron chi connectivity index (χ0n) is 17.1. The fourth-order valence-electron chi connectivity index (χ4n) is 2.35. The third-order valence-corrected chi connectivity index (χ3v) is 4.44. The molecule has 7 heteroatoms. The predicted octanol–water partition coefficient (Wildman–Crippen LogP) is 3.33. The van der Waals surface area contributed by atoms with E-state index in [0.29, 0.717) is 31.9 Å². The van der Waals surface area contributed by atoms with Crippen LogP contribution in [0.25, 0.3) is 0 Å². The zero-order chi connectivity index (χ0) is 19.3. The van der Waals surface area contributed by atoms with E-state index in [0.717, 1.165) is 37.5 Å². The maximum absolute atomic E-state index is 10.5. The number of hydrogen-bond acceptors (Lipinski definition) is 4. The van der Waals surface area contributed by atoms with Crippen LogP contribution in [0.3, 0.4) is 0 Å². The Hall–Kier alpha value is -1.06. The van der Waals surface area contributed by atoms with Crippen molar-refractivity contribution in [2.45, 2.75) is 52.2 Å². The van der Waals surface area contributed by atoms with Crippen LogP contribution in [-0.4, -0.2) is 50.1 Å². The molecule has 0 aromatic heterocycles. The average molecular weight is 493 g/mol. The Labute approximate surface area is 181 Å². The van der Waals surface area contributed by atoms with Gasteiger partial charge in [0.2, 0.25) is 0 Å². The van der Waals surface area contributed by atoms with Crippen LogP contribution in [0.4, 0.5) is 0 Å². The lowest BCUT2D eigenvalue weighted by Gasteiger charge is -2.26. The normalized spacial score (nSPS) is 11.7. The second-order valence-corrected chi connectivity index (χ2v) is 6.28. The zero-order valence-corrected chi connectivity index (χ0v) is 19.4. The predicted molar refractivity (Wildman–Crippen MR) is 122 cm³/mol. The van der Waals surface area contributed by atoms with Crippen LogP contribution in [-0.2, 0) is 11.3 Å². The van der Waals surface area contributed by atoms with Gasteiger partial charge < -0.3 is 25.2 Å². The number of halogens is 1. The molecule has 1 aromatic carbocycles. The highest BCUT2D eigenvalue weighted by molar-refractivity contribution is 14.0. The lowest BCUT2D eigenvalue weighted by molar-refractivity contribution is 0.0367. The number of benzene rings is 1. The van der Waals surface area contributed by atoms with Crippen LogP contribution in [0.15, 0.2) is 29.3 Å². The Morgan fingerprint density at radius 1 is 1.11 bits per heavy atom. The minimum Gasteiger partial charge on any atom is -0.497 e. The van der Waals surface area contributed by atoms with E-state index in [2.05, 4.69) is 15.6 Å². The number of hydrogen-bond donors (Lipinski definition) is 3. The number of nitrogens with one attached hydrogen (secondary N) is 2. The van der Waals surface area contributed by atoms with E-state index in [-0.39, 0.29) is 24.0 Å². The van der Waals surface area contributed by atoms with Gasteiger partial charge in [-0.25, -0.2) is 4.99 Å². The van der Waals surface area contributed by atoms with E-state index in [1.807, 2.05) is 45.0 Å². The number of rotatable bonds is 12. The van der Waals surface area contributed by atoms with Gasteiger partial charge in [-0.2, -0.15) is 0 Å². The minimum atomic E-state index is -0.714. The largest absolute Gasteiger partial charge is 0.497 e. The van der Waals surface area contributed by atoms with Crippen molar-refractivity contribution in [1.82, 2.24) is 10.6 Å². The summed E-state index contributed by atoms with van der Waals surface area (Å²) in [5.74, 6) is 1.54. The molecule has 0 spiro atoms. The first-order chi connectivity index (χ1) is 12.6. The summed E-state index contributed by atoms with van der Waals surface area (Å²) in [5.41, 5.74) is 0.385. The summed E-state index contributed by atoms with van der Waals surface area (Å²) >= 11 is 0. The first-order valence-corrected chi connectivity index (χ1v) is 9.52. The Balaban J connectivity index is 0.00000676. The molecule has 0 aliphatic heterocycles. The molecule has 1 rings (SSSR count).